The van der Waals surface area contributed by atoms with Crippen LogP contribution < -0.4 is 16.4 Å². The molecule has 0 aliphatic rings. The van der Waals surface area contributed by atoms with Gasteiger partial charge >= 0.3 is 0 Å². The van der Waals surface area contributed by atoms with E-state index in [-0.39, 0.29) is 11.1 Å². The SMILES string of the molecule is Cc1[nH]n(C)c(=O)c1-c1cc(=O)c1=O. The summed E-state index contributed by atoms with van der Waals surface area (Å²) in [6, 6.07) is 1.19. The second-order valence-corrected chi connectivity index (χ2v) is 3.23. The molecular formula is C9H8N2O3. The van der Waals surface area contributed by atoms with Crippen molar-refractivity contribution in [1.82, 2.24) is 9.78 Å². The Morgan fingerprint density at radius 2 is 1.93 bits per heavy atom. The highest BCUT2D eigenvalue weighted by molar-refractivity contribution is 5.66. The first-order chi connectivity index (χ1) is 6.52. The third-order valence-electron chi connectivity index (χ3n) is 2.24. The summed E-state index contributed by atoms with van der Waals surface area (Å²) in [7, 11) is 1.56. The van der Waals surface area contributed by atoms with E-state index >= 15 is 0 Å². The number of rotatable bonds is 1. The lowest BCUT2D eigenvalue weighted by Gasteiger charge is -1.96. The molecule has 1 aromatic heterocycles. The number of hydrogen-bond acceptors (Lipinski definition) is 3. The lowest BCUT2D eigenvalue weighted by molar-refractivity contribution is 0.731. The average Bonchev–Trinajstić information content (AvgIpc) is 2.38. The molecule has 0 unspecified atom stereocenters. The molecule has 0 aliphatic carbocycles. The third kappa shape index (κ3) is 0.921. The van der Waals surface area contributed by atoms with E-state index in [9.17, 15) is 14.4 Å². The Hall–Kier alpha value is -1.91. The van der Waals surface area contributed by atoms with Crippen LogP contribution in [0.2, 0.25) is 0 Å². The summed E-state index contributed by atoms with van der Waals surface area (Å²) < 4.78 is 1.28. The van der Waals surface area contributed by atoms with Crippen molar-refractivity contribution in [3.63, 3.8) is 0 Å². The van der Waals surface area contributed by atoms with E-state index in [1.165, 1.54) is 10.7 Å². The molecule has 0 saturated carbocycles. The second kappa shape index (κ2) is 2.54. The van der Waals surface area contributed by atoms with Gasteiger partial charge in [-0.25, -0.2) is 0 Å². The van der Waals surface area contributed by atoms with E-state index in [0.29, 0.717) is 11.3 Å². The maximum absolute atomic E-state index is 11.5. The summed E-state index contributed by atoms with van der Waals surface area (Å²) in [5, 5.41) is 2.76. The van der Waals surface area contributed by atoms with Crippen molar-refractivity contribution in [1.29, 1.82) is 0 Å². The van der Waals surface area contributed by atoms with Crippen LogP contribution in [0, 0.1) is 6.92 Å². The van der Waals surface area contributed by atoms with Crippen LogP contribution in [0.3, 0.4) is 0 Å². The topological polar surface area (TPSA) is 71.9 Å². The first-order valence-electron chi connectivity index (χ1n) is 4.08. The van der Waals surface area contributed by atoms with Crippen molar-refractivity contribution in [2.45, 2.75) is 6.92 Å². The number of aromatic amines is 1. The molecule has 1 N–H and O–H groups in total. The van der Waals surface area contributed by atoms with Gasteiger partial charge in [0.25, 0.3) is 5.56 Å². The van der Waals surface area contributed by atoms with Gasteiger partial charge in [0.2, 0.25) is 10.9 Å². The Bertz CT molecular complexity index is 623. The van der Waals surface area contributed by atoms with Crippen molar-refractivity contribution < 1.29 is 0 Å². The van der Waals surface area contributed by atoms with Gasteiger partial charge in [-0.2, -0.15) is 0 Å². The molecule has 72 valence electrons. The summed E-state index contributed by atoms with van der Waals surface area (Å²) in [5.74, 6) is 0. The van der Waals surface area contributed by atoms with Crippen molar-refractivity contribution in [3.05, 3.63) is 42.6 Å². The monoisotopic (exact) mass is 192 g/mol. The fraction of sp³-hybridized carbons (Fsp3) is 0.222. The molecule has 0 saturated heterocycles. The second-order valence-electron chi connectivity index (χ2n) is 3.23. The highest BCUT2D eigenvalue weighted by atomic mass is 16.2. The number of nitrogens with zero attached hydrogens (tertiary/aromatic N) is 1. The Morgan fingerprint density at radius 3 is 2.29 bits per heavy atom. The lowest BCUT2D eigenvalue weighted by Crippen LogP contribution is -2.32. The molecule has 1 heterocycles. The van der Waals surface area contributed by atoms with Gasteiger partial charge in [-0.05, 0) is 6.92 Å². The summed E-state index contributed by atoms with van der Waals surface area (Å²) in [5.41, 5.74) is -0.280. The molecular weight excluding hydrogens is 184 g/mol. The third-order valence-corrected chi connectivity index (χ3v) is 2.24. The maximum Gasteiger partial charge on any atom is 0.274 e. The minimum Gasteiger partial charge on any atom is -0.300 e. The van der Waals surface area contributed by atoms with E-state index in [1.807, 2.05) is 0 Å². The summed E-state index contributed by atoms with van der Waals surface area (Å²) >= 11 is 0. The van der Waals surface area contributed by atoms with E-state index < -0.39 is 10.9 Å². The molecule has 0 bridgehead atoms. The molecule has 2 aromatic rings. The average molecular weight is 192 g/mol. The van der Waals surface area contributed by atoms with E-state index in [4.69, 9.17) is 0 Å². The van der Waals surface area contributed by atoms with Gasteiger partial charge in [-0.1, -0.05) is 0 Å². The molecule has 5 heteroatoms. The van der Waals surface area contributed by atoms with Crippen LogP contribution in [-0.4, -0.2) is 9.78 Å². The van der Waals surface area contributed by atoms with Crippen LogP contribution in [0.25, 0.3) is 11.1 Å². The standard InChI is InChI=1S/C9H8N2O3/c1-4-7(9(14)11(2)10-4)5-3-6(12)8(5)13/h3,10H,1-2H3. The minimum absolute atomic E-state index is 0.217. The zero-order chi connectivity index (χ0) is 10.5. The van der Waals surface area contributed by atoms with Gasteiger partial charge in [0.15, 0.2) is 0 Å². The van der Waals surface area contributed by atoms with E-state index in [2.05, 4.69) is 5.10 Å². The predicted molar refractivity (Wildman–Crippen MR) is 51.1 cm³/mol. The number of H-pyrrole nitrogens is 1. The smallest absolute Gasteiger partial charge is 0.274 e. The van der Waals surface area contributed by atoms with Crippen LogP contribution in [-0.2, 0) is 7.05 Å². The molecule has 5 nitrogen and oxygen atoms in total. The zero-order valence-corrected chi connectivity index (χ0v) is 7.75. The maximum atomic E-state index is 11.5. The molecule has 0 fully saturated rings. The van der Waals surface area contributed by atoms with Crippen molar-refractivity contribution in [2.24, 2.45) is 7.05 Å². The predicted octanol–water partition coefficient (Wildman–Crippen LogP) is -0.715. The fourth-order valence-electron chi connectivity index (χ4n) is 1.51. The molecule has 0 atom stereocenters. The Morgan fingerprint density at radius 1 is 1.29 bits per heavy atom. The Balaban J connectivity index is 2.77. The van der Waals surface area contributed by atoms with Crippen molar-refractivity contribution in [2.75, 3.05) is 0 Å². The highest BCUT2D eigenvalue weighted by Crippen LogP contribution is 2.12. The van der Waals surface area contributed by atoms with Gasteiger partial charge in [-0.15, -0.1) is 0 Å². The van der Waals surface area contributed by atoms with E-state index in [0.717, 1.165) is 0 Å². The van der Waals surface area contributed by atoms with Crippen LogP contribution in [0.15, 0.2) is 20.4 Å². The zero-order valence-electron chi connectivity index (χ0n) is 7.75. The molecule has 1 aromatic carbocycles. The molecule has 0 radical (unpaired) electrons. The molecule has 0 amide bonds. The normalized spacial score (nSPS) is 11.0. The number of hydrogen-bond donors (Lipinski definition) is 1. The first kappa shape index (κ1) is 8.68. The van der Waals surface area contributed by atoms with Gasteiger partial charge in [-0.3, -0.25) is 24.2 Å². The highest BCUT2D eigenvalue weighted by Gasteiger charge is 2.19. The fourth-order valence-corrected chi connectivity index (χ4v) is 1.51. The van der Waals surface area contributed by atoms with Gasteiger partial charge in [0.1, 0.15) is 0 Å². The largest absolute Gasteiger partial charge is 0.300 e. The summed E-state index contributed by atoms with van der Waals surface area (Å²) in [6.07, 6.45) is 0. The van der Waals surface area contributed by atoms with Crippen molar-refractivity contribution in [3.8, 4) is 11.1 Å². The first-order valence-corrected chi connectivity index (χ1v) is 4.08. The lowest BCUT2D eigenvalue weighted by atomic mass is 10.0. The number of nitrogens with one attached hydrogen (secondary N) is 1. The Kier molecular flexibility index (Phi) is 1.57. The summed E-state index contributed by atoms with van der Waals surface area (Å²) in [6.45, 7) is 1.69. The Labute approximate surface area is 78.3 Å². The van der Waals surface area contributed by atoms with E-state index in [1.54, 1.807) is 14.0 Å². The van der Waals surface area contributed by atoms with Crippen LogP contribution in [0.4, 0.5) is 0 Å². The number of aryl methyl sites for hydroxylation is 2. The molecule has 2 rings (SSSR count). The van der Waals surface area contributed by atoms with Crippen LogP contribution in [0.1, 0.15) is 5.69 Å². The minimum atomic E-state index is -0.579. The molecule has 14 heavy (non-hydrogen) atoms. The van der Waals surface area contributed by atoms with Gasteiger partial charge in [0.05, 0.1) is 5.56 Å². The molecule has 0 aliphatic heterocycles. The number of aromatic nitrogens is 2. The van der Waals surface area contributed by atoms with Crippen LogP contribution in [0.5, 0.6) is 0 Å². The summed E-state index contributed by atoms with van der Waals surface area (Å²) in [4.78, 5) is 33.3. The molecule has 0 spiro atoms. The van der Waals surface area contributed by atoms with Crippen molar-refractivity contribution >= 4 is 0 Å². The van der Waals surface area contributed by atoms with Gasteiger partial charge < -0.3 is 0 Å². The van der Waals surface area contributed by atoms with Crippen LogP contribution >= 0.6 is 0 Å². The van der Waals surface area contributed by atoms with Gasteiger partial charge in [0, 0.05) is 24.4 Å². The quantitative estimate of drug-likeness (QED) is 0.606.